The van der Waals surface area contributed by atoms with Crippen molar-refractivity contribution in [2.75, 3.05) is 13.3 Å². The van der Waals surface area contributed by atoms with E-state index in [2.05, 4.69) is 26.0 Å². The predicted molar refractivity (Wildman–Crippen MR) is 78.3 cm³/mol. The minimum atomic E-state index is -0.446. The number of ether oxygens (including phenoxy) is 1. The Morgan fingerprint density at radius 3 is 2.37 bits per heavy atom. The highest BCUT2D eigenvalue weighted by Gasteiger charge is 2.05. The topological polar surface area (TPSA) is 35.2 Å². The Bertz CT molecular complexity index is 337. The molecule has 108 valence electrons. The van der Waals surface area contributed by atoms with Gasteiger partial charge in [0, 0.05) is 6.04 Å². The summed E-state index contributed by atoms with van der Waals surface area (Å²) in [6, 6.07) is 8.25. The summed E-state index contributed by atoms with van der Waals surface area (Å²) in [4.78, 5) is 0. The number of nitrogens with two attached hydrogens (primary N) is 1. The standard InChI is InChI=1S/C16H26FNO/c1-13(3-5-14(2)18)4-6-15-7-9-16(10-8-15)19-12-11-17/h7-10,13-14H,3-6,11-12,18H2,1-2H3/t13-,14+/m1/s1. The van der Waals surface area contributed by atoms with Crippen molar-refractivity contribution in [3.05, 3.63) is 29.8 Å². The second-order valence-electron chi connectivity index (χ2n) is 5.38. The van der Waals surface area contributed by atoms with Crippen molar-refractivity contribution in [3.8, 4) is 5.75 Å². The van der Waals surface area contributed by atoms with Crippen LogP contribution in [0.5, 0.6) is 5.75 Å². The van der Waals surface area contributed by atoms with Gasteiger partial charge < -0.3 is 10.5 Å². The average molecular weight is 267 g/mol. The number of hydrogen-bond donors (Lipinski definition) is 1. The average Bonchev–Trinajstić information content (AvgIpc) is 2.41. The van der Waals surface area contributed by atoms with Crippen LogP contribution < -0.4 is 10.5 Å². The summed E-state index contributed by atoms with van der Waals surface area (Å²) in [7, 11) is 0. The maximum atomic E-state index is 12.0. The Morgan fingerprint density at radius 1 is 1.11 bits per heavy atom. The lowest BCUT2D eigenvalue weighted by Crippen LogP contribution is -2.15. The van der Waals surface area contributed by atoms with Gasteiger partial charge in [0.25, 0.3) is 0 Å². The van der Waals surface area contributed by atoms with E-state index in [1.807, 2.05) is 12.1 Å². The molecule has 0 unspecified atom stereocenters. The Balaban J connectivity index is 2.29. The molecule has 1 aromatic rings. The summed E-state index contributed by atoms with van der Waals surface area (Å²) < 4.78 is 17.2. The van der Waals surface area contributed by atoms with Gasteiger partial charge in [-0.3, -0.25) is 0 Å². The largest absolute Gasteiger partial charge is 0.491 e. The van der Waals surface area contributed by atoms with Gasteiger partial charge in [0.15, 0.2) is 0 Å². The van der Waals surface area contributed by atoms with Crippen molar-refractivity contribution < 1.29 is 9.13 Å². The minimum Gasteiger partial charge on any atom is -0.491 e. The van der Waals surface area contributed by atoms with Crippen molar-refractivity contribution in [2.24, 2.45) is 11.7 Å². The van der Waals surface area contributed by atoms with Gasteiger partial charge in [-0.15, -0.1) is 0 Å². The SMILES string of the molecule is C[C@@H](CCc1ccc(OCCF)cc1)CC[C@H](C)N. The summed E-state index contributed by atoms with van der Waals surface area (Å²) in [5.41, 5.74) is 7.07. The lowest BCUT2D eigenvalue weighted by atomic mass is 9.95. The van der Waals surface area contributed by atoms with Gasteiger partial charge in [-0.1, -0.05) is 19.1 Å². The van der Waals surface area contributed by atoms with Gasteiger partial charge in [0.2, 0.25) is 0 Å². The number of benzene rings is 1. The molecule has 2 atom stereocenters. The molecule has 0 amide bonds. The summed E-state index contributed by atoms with van der Waals surface area (Å²) in [6.45, 7) is 4.02. The Morgan fingerprint density at radius 2 is 1.79 bits per heavy atom. The molecule has 0 aliphatic rings. The number of hydrogen-bond acceptors (Lipinski definition) is 2. The molecular formula is C16H26FNO. The van der Waals surface area contributed by atoms with Crippen molar-refractivity contribution in [1.29, 1.82) is 0 Å². The molecule has 0 aromatic heterocycles. The molecule has 0 spiro atoms. The van der Waals surface area contributed by atoms with Gasteiger partial charge in [-0.2, -0.15) is 0 Å². The molecule has 0 heterocycles. The van der Waals surface area contributed by atoms with E-state index < -0.39 is 6.67 Å². The van der Waals surface area contributed by atoms with E-state index >= 15 is 0 Å². The molecule has 1 aromatic carbocycles. The smallest absolute Gasteiger partial charge is 0.123 e. The third-order valence-electron chi connectivity index (χ3n) is 3.31. The molecule has 1 rings (SSSR count). The van der Waals surface area contributed by atoms with Gasteiger partial charge in [-0.05, 0) is 56.2 Å². The van der Waals surface area contributed by atoms with Crippen LogP contribution in [0.1, 0.15) is 38.7 Å². The predicted octanol–water partition coefficient (Wildman–Crippen LogP) is 3.73. The third-order valence-corrected chi connectivity index (χ3v) is 3.31. The van der Waals surface area contributed by atoms with Crippen molar-refractivity contribution in [1.82, 2.24) is 0 Å². The lowest BCUT2D eigenvalue weighted by Gasteiger charge is -2.13. The number of aryl methyl sites for hydroxylation is 1. The fraction of sp³-hybridized carbons (Fsp3) is 0.625. The Hall–Kier alpha value is -1.09. The summed E-state index contributed by atoms with van der Waals surface area (Å²) in [5.74, 6) is 1.44. The van der Waals surface area contributed by atoms with Crippen molar-refractivity contribution in [3.63, 3.8) is 0 Å². The first kappa shape index (κ1) is 16.0. The van der Waals surface area contributed by atoms with E-state index in [9.17, 15) is 4.39 Å². The quantitative estimate of drug-likeness (QED) is 0.740. The highest BCUT2D eigenvalue weighted by molar-refractivity contribution is 5.27. The zero-order valence-corrected chi connectivity index (χ0v) is 12.1. The lowest BCUT2D eigenvalue weighted by molar-refractivity contribution is 0.273. The first-order valence-corrected chi connectivity index (χ1v) is 7.15. The zero-order valence-electron chi connectivity index (χ0n) is 12.1. The third kappa shape index (κ3) is 7.16. The molecule has 2 N–H and O–H groups in total. The van der Waals surface area contributed by atoms with Crippen LogP contribution >= 0.6 is 0 Å². The minimum absolute atomic E-state index is 0.133. The fourth-order valence-electron chi connectivity index (χ4n) is 2.01. The van der Waals surface area contributed by atoms with E-state index in [1.54, 1.807) is 0 Å². The number of alkyl halides is 1. The van der Waals surface area contributed by atoms with E-state index in [1.165, 1.54) is 18.4 Å². The van der Waals surface area contributed by atoms with Gasteiger partial charge >= 0.3 is 0 Å². The number of halogens is 1. The fourth-order valence-corrected chi connectivity index (χ4v) is 2.01. The Kier molecular flexibility index (Phi) is 7.49. The van der Waals surface area contributed by atoms with E-state index in [4.69, 9.17) is 10.5 Å². The molecule has 0 aliphatic carbocycles. The van der Waals surface area contributed by atoms with E-state index in [-0.39, 0.29) is 6.61 Å². The summed E-state index contributed by atoms with van der Waals surface area (Å²) in [5, 5.41) is 0. The van der Waals surface area contributed by atoms with Crippen LogP contribution in [0.2, 0.25) is 0 Å². The van der Waals surface area contributed by atoms with Gasteiger partial charge in [0.1, 0.15) is 19.0 Å². The molecule has 19 heavy (non-hydrogen) atoms. The first-order valence-electron chi connectivity index (χ1n) is 7.15. The maximum absolute atomic E-state index is 12.0. The maximum Gasteiger partial charge on any atom is 0.123 e. The second kappa shape index (κ2) is 8.92. The zero-order chi connectivity index (χ0) is 14.1. The molecule has 0 radical (unpaired) electrons. The Labute approximate surface area is 116 Å². The molecule has 0 saturated carbocycles. The second-order valence-corrected chi connectivity index (χ2v) is 5.38. The molecule has 2 nitrogen and oxygen atoms in total. The normalized spacial score (nSPS) is 14.1. The van der Waals surface area contributed by atoms with E-state index in [0.29, 0.717) is 12.0 Å². The van der Waals surface area contributed by atoms with E-state index in [0.717, 1.165) is 18.6 Å². The summed E-state index contributed by atoms with van der Waals surface area (Å²) in [6.07, 6.45) is 4.54. The summed E-state index contributed by atoms with van der Waals surface area (Å²) >= 11 is 0. The first-order chi connectivity index (χ1) is 9.11. The van der Waals surface area contributed by atoms with Gasteiger partial charge in [0.05, 0.1) is 0 Å². The van der Waals surface area contributed by atoms with Crippen LogP contribution in [0.4, 0.5) is 4.39 Å². The van der Waals surface area contributed by atoms with Gasteiger partial charge in [-0.25, -0.2) is 4.39 Å². The van der Waals surface area contributed by atoms with Crippen molar-refractivity contribution in [2.45, 2.75) is 45.6 Å². The van der Waals surface area contributed by atoms with Crippen molar-refractivity contribution >= 4 is 0 Å². The monoisotopic (exact) mass is 267 g/mol. The highest BCUT2D eigenvalue weighted by atomic mass is 19.1. The molecule has 3 heteroatoms. The van der Waals surface area contributed by atoms with Crippen LogP contribution in [-0.2, 0) is 6.42 Å². The molecule has 0 saturated heterocycles. The van der Waals surface area contributed by atoms with Crippen LogP contribution in [0.3, 0.4) is 0 Å². The highest BCUT2D eigenvalue weighted by Crippen LogP contribution is 2.17. The molecule has 0 aliphatic heterocycles. The van der Waals surface area contributed by atoms with Crippen LogP contribution in [0, 0.1) is 5.92 Å². The number of rotatable bonds is 9. The van der Waals surface area contributed by atoms with Crippen LogP contribution in [0.15, 0.2) is 24.3 Å². The molecular weight excluding hydrogens is 241 g/mol. The molecule has 0 bridgehead atoms. The molecule has 0 fully saturated rings. The van der Waals surface area contributed by atoms with Crippen LogP contribution in [-0.4, -0.2) is 19.3 Å². The van der Waals surface area contributed by atoms with Crippen LogP contribution in [0.25, 0.3) is 0 Å².